The third-order valence-corrected chi connectivity index (χ3v) is 5.52. The molecule has 0 bridgehead atoms. The number of hydrogen-bond acceptors (Lipinski definition) is 4. The van der Waals surface area contributed by atoms with Crippen LogP contribution >= 0.6 is 0 Å². The fourth-order valence-electron chi connectivity index (χ4n) is 2.45. The van der Waals surface area contributed by atoms with E-state index in [1.165, 1.54) is 16.4 Å². The minimum Gasteiger partial charge on any atom is -0.396 e. The first-order valence-corrected chi connectivity index (χ1v) is 8.02. The number of hydrogen-bond donors (Lipinski definition) is 2. The zero-order chi connectivity index (χ0) is 14.8. The topological polar surface area (TPSA) is 83.6 Å². The highest BCUT2D eigenvalue weighted by Gasteiger charge is 2.32. The van der Waals surface area contributed by atoms with Crippen molar-refractivity contribution < 1.29 is 17.9 Å². The van der Waals surface area contributed by atoms with Crippen LogP contribution in [0.15, 0.2) is 23.1 Å². The predicted octanol–water partition coefficient (Wildman–Crippen LogP) is 0.677. The molecule has 1 saturated heterocycles. The van der Waals surface area contributed by atoms with E-state index < -0.39 is 15.8 Å². The second-order valence-electron chi connectivity index (χ2n) is 4.99. The van der Waals surface area contributed by atoms with Crippen LogP contribution in [-0.4, -0.2) is 37.5 Å². The highest BCUT2D eigenvalue weighted by molar-refractivity contribution is 7.89. The Morgan fingerprint density at radius 1 is 1.45 bits per heavy atom. The fourth-order valence-corrected chi connectivity index (χ4v) is 4.03. The van der Waals surface area contributed by atoms with Crippen molar-refractivity contribution in [3.63, 3.8) is 0 Å². The van der Waals surface area contributed by atoms with Gasteiger partial charge in [-0.25, -0.2) is 12.8 Å². The summed E-state index contributed by atoms with van der Waals surface area (Å²) in [6.45, 7) is 0.856. The smallest absolute Gasteiger partial charge is 0.243 e. The van der Waals surface area contributed by atoms with Crippen molar-refractivity contribution in [2.24, 2.45) is 11.7 Å². The molecule has 0 radical (unpaired) electrons. The van der Waals surface area contributed by atoms with E-state index >= 15 is 0 Å². The molecule has 0 aliphatic carbocycles. The summed E-state index contributed by atoms with van der Waals surface area (Å²) in [4.78, 5) is 0.0731. The number of aliphatic hydroxyl groups is 1. The number of sulfonamides is 1. The first-order valence-electron chi connectivity index (χ1n) is 6.58. The summed E-state index contributed by atoms with van der Waals surface area (Å²) >= 11 is 0. The van der Waals surface area contributed by atoms with Gasteiger partial charge >= 0.3 is 0 Å². The molecule has 1 aromatic rings. The molecule has 5 nitrogen and oxygen atoms in total. The molecule has 1 atom stereocenters. The van der Waals surface area contributed by atoms with Gasteiger partial charge in [-0.3, -0.25) is 0 Å². The van der Waals surface area contributed by atoms with Crippen molar-refractivity contribution in [1.82, 2.24) is 4.31 Å². The van der Waals surface area contributed by atoms with Gasteiger partial charge < -0.3 is 10.8 Å². The summed E-state index contributed by atoms with van der Waals surface area (Å²) in [7, 11) is -3.61. The second kappa shape index (κ2) is 6.17. The van der Waals surface area contributed by atoms with Gasteiger partial charge in [0, 0.05) is 31.8 Å². The molecule has 3 N–H and O–H groups in total. The van der Waals surface area contributed by atoms with E-state index in [4.69, 9.17) is 10.8 Å². The predicted molar refractivity (Wildman–Crippen MR) is 72.9 cm³/mol. The second-order valence-corrected chi connectivity index (χ2v) is 6.93. The Labute approximate surface area is 118 Å². The number of rotatable bonds is 5. The molecule has 1 fully saturated rings. The number of aliphatic hydroxyl groups excluding tert-OH is 1. The van der Waals surface area contributed by atoms with Gasteiger partial charge in [-0.15, -0.1) is 0 Å². The van der Waals surface area contributed by atoms with Crippen LogP contribution in [0.4, 0.5) is 4.39 Å². The van der Waals surface area contributed by atoms with Gasteiger partial charge in [-0.1, -0.05) is 0 Å². The summed E-state index contributed by atoms with van der Waals surface area (Å²) in [6, 6.07) is 3.70. The third-order valence-electron chi connectivity index (χ3n) is 3.66. The lowest BCUT2D eigenvalue weighted by molar-refractivity contribution is 0.259. The SMILES string of the molecule is NCc1cc(S(=O)(=O)N2CCC(CCO)C2)ccc1F. The van der Waals surface area contributed by atoms with E-state index in [-0.39, 0.29) is 29.5 Å². The van der Waals surface area contributed by atoms with Gasteiger partial charge in [0.1, 0.15) is 5.82 Å². The summed E-state index contributed by atoms with van der Waals surface area (Å²) in [5.41, 5.74) is 5.59. The highest BCUT2D eigenvalue weighted by Crippen LogP contribution is 2.26. The minimum atomic E-state index is -3.61. The maximum absolute atomic E-state index is 13.4. The van der Waals surface area contributed by atoms with Crippen LogP contribution in [0.25, 0.3) is 0 Å². The van der Waals surface area contributed by atoms with Crippen LogP contribution in [-0.2, 0) is 16.6 Å². The summed E-state index contributed by atoms with van der Waals surface area (Å²) in [5, 5.41) is 8.91. The number of benzene rings is 1. The maximum Gasteiger partial charge on any atom is 0.243 e. The quantitative estimate of drug-likeness (QED) is 0.837. The molecule has 112 valence electrons. The lowest BCUT2D eigenvalue weighted by atomic mass is 10.1. The number of nitrogens with two attached hydrogens (primary N) is 1. The average molecular weight is 302 g/mol. The van der Waals surface area contributed by atoms with Crippen molar-refractivity contribution in [2.75, 3.05) is 19.7 Å². The number of halogens is 1. The zero-order valence-corrected chi connectivity index (χ0v) is 11.9. The maximum atomic E-state index is 13.4. The molecule has 0 spiro atoms. The molecule has 20 heavy (non-hydrogen) atoms. The van der Waals surface area contributed by atoms with E-state index in [1.807, 2.05) is 0 Å². The Morgan fingerprint density at radius 2 is 2.20 bits per heavy atom. The molecule has 0 saturated carbocycles. The van der Waals surface area contributed by atoms with Crippen molar-refractivity contribution >= 4 is 10.0 Å². The molecule has 0 amide bonds. The Balaban J connectivity index is 2.23. The standard InChI is InChI=1S/C13H19FN2O3S/c14-13-2-1-12(7-11(13)8-15)20(18,19)16-5-3-10(9-16)4-6-17/h1-2,7,10,17H,3-6,8-9,15H2. The molecule has 1 heterocycles. The van der Waals surface area contributed by atoms with Gasteiger partial charge in [0.05, 0.1) is 4.90 Å². The van der Waals surface area contributed by atoms with Crippen LogP contribution in [0.1, 0.15) is 18.4 Å². The monoisotopic (exact) mass is 302 g/mol. The van der Waals surface area contributed by atoms with Gasteiger partial charge in [0.2, 0.25) is 10.0 Å². The molecule has 1 aromatic carbocycles. The molecule has 1 aliphatic heterocycles. The van der Waals surface area contributed by atoms with Crippen LogP contribution in [0.5, 0.6) is 0 Å². The molecular weight excluding hydrogens is 283 g/mol. The third kappa shape index (κ3) is 3.01. The molecular formula is C13H19FN2O3S. The largest absolute Gasteiger partial charge is 0.396 e. The summed E-state index contributed by atoms with van der Waals surface area (Å²) in [5.74, 6) is -0.310. The molecule has 1 unspecified atom stereocenters. The van der Waals surface area contributed by atoms with Crippen molar-refractivity contribution in [3.05, 3.63) is 29.6 Å². The van der Waals surface area contributed by atoms with Crippen molar-refractivity contribution in [2.45, 2.75) is 24.3 Å². The lowest BCUT2D eigenvalue weighted by Crippen LogP contribution is -2.29. The Hall–Kier alpha value is -1.02. The van der Waals surface area contributed by atoms with E-state index in [2.05, 4.69) is 0 Å². The summed E-state index contributed by atoms with van der Waals surface area (Å²) < 4.78 is 39.7. The number of nitrogens with zero attached hydrogens (tertiary/aromatic N) is 1. The van der Waals surface area contributed by atoms with Gasteiger partial charge in [0.25, 0.3) is 0 Å². The van der Waals surface area contributed by atoms with Gasteiger partial charge in [0.15, 0.2) is 0 Å². The molecule has 1 aliphatic rings. The van der Waals surface area contributed by atoms with Crippen molar-refractivity contribution in [1.29, 1.82) is 0 Å². The van der Waals surface area contributed by atoms with Gasteiger partial charge in [-0.05, 0) is 37.0 Å². The molecule has 7 heteroatoms. The van der Waals surface area contributed by atoms with E-state index in [0.29, 0.717) is 19.5 Å². The Kier molecular flexibility index (Phi) is 4.74. The minimum absolute atomic E-state index is 0.0394. The van der Waals surface area contributed by atoms with E-state index in [0.717, 1.165) is 12.5 Å². The van der Waals surface area contributed by atoms with Crippen molar-refractivity contribution in [3.8, 4) is 0 Å². The lowest BCUT2D eigenvalue weighted by Gasteiger charge is -2.17. The van der Waals surface area contributed by atoms with E-state index in [1.54, 1.807) is 0 Å². The van der Waals surface area contributed by atoms with Gasteiger partial charge in [-0.2, -0.15) is 4.31 Å². The first-order chi connectivity index (χ1) is 9.48. The molecule has 2 rings (SSSR count). The Morgan fingerprint density at radius 3 is 2.85 bits per heavy atom. The molecule has 0 aromatic heterocycles. The Bertz CT molecular complexity index is 577. The van der Waals surface area contributed by atoms with Crippen LogP contribution in [0, 0.1) is 11.7 Å². The van der Waals surface area contributed by atoms with Crippen LogP contribution in [0.2, 0.25) is 0 Å². The highest BCUT2D eigenvalue weighted by atomic mass is 32.2. The normalized spacial score (nSPS) is 20.4. The van der Waals surface area contributed by atoms with Crippen LogP contribution in [0.3, 0.4) is 0 Å². The summed E-state index contributed by atoms with van der Waals surface area (Å²) in [6.07, 6.45) is 1.34. The van der Waals surface area contributed by atoms with Crippen LogP contribution < -0.4 is 5.73 Å². The average Bonchev–Trinajstić information content (AvgIpc) is 2.89. The van der Waals surface area contributed by atoms with E-state index in [9.17, 15) is 12.8 Å². The fraction of sp³-hybridized carbons (Fsp3) is 0.538. The zero-order valence-electron chi connectivity index (χ0n) is 11.1. The first kappa shape index (κ1) is 15.4.